The third-order valence-electron chi connectivity index (χ3n) is 3.48. The number of methoxy groups -OCH3 is 1. The van der Waals surface area contributed by atoms with Gasteiger partial charge in [0.05, 0.1) is 18.5 Å². The van der Waals surface area contributed by atoms with E-state index in [1.165, 1.54) is 0 Å². The molecule has 0 unspecified atom stereocenters. The summed E-state index contributed by atoms with van der Waals surface area (Å²) < 4.78 is 11.6. The Balaban J connectivity index is 1.81. The zero-order chi connectivity index (χ0) is 17.1. The lowest BCUT2D eigenvalue weighted by molar-refractivity contribution is 0.0997. The Morgan fingerprint density at radius 3 is 2.67 bits per heavy atom. The van der Waals surface area contributed by atoms with Gasteiger partial charge in [0, 0.05) is 16.1 Å². The summed E-state index contributed by atoms with van der Waals surface area (Å²) in [6.45, 7) is 0. The predicted octanol–water partition coefficient (Wildman–Crippen LogP) is 4.55. The van der Waals surface area contributed by atoms with Crippen LogP contribution in [-0.2, 0) is 0 Å². The SMILES string of the molecule is COc1ccc(NC(=O)c2ccc(-c3ccccc3Br)o2)c(N)c1. The average molecular weight is 387 g/mol. The van der Waals surface area contributed by atoms with Gasteiger partial charge in [-0.1, -0.05) is 34.1 Å². The monoisotopic (exact) mass is 386 g/mol. The number of ether oxygens (including phenoxy) is 1. The Hall–Kier alpha value is -2.73. The molecule has 5 nitrogen and oxygen atoms in total. The molecule has 3 aromatic rings. The number of benzene rings is 2. The van der Waals surface area contributed by atoms with Crippen LogP contribution in [-0.4, -0.2) is 13.0 Å². The lowest BCUT2D eigenvalue weighted by Gasteiger charge is -2.08. The Morgan fingerprint density at radius 2 is 1.96 bits per heavy atom. The summed E-state index contributed by atoms with van der Waals surface area (Å²) in [6.07, 6.45) is 0. The molecule has 1 heterocycles. The number of nitrogens with one attached hydrogen (secondary N) is 1. The van der Waals surface area contributed by atoms with Crippen molar-refractivity contribution >= 4 is 33.2 Å². The van der Waals surface area contributed by atoms with E-state index < -0.39 is 0 Å². The Kier molecular flexibility index (Phi) is 4.57. The number of carbonyl (C=O) groups is 1. The first-order chi connectivity index (χ1) is 11.6. The summed E-state index contributed by atoms with van der Waals surface area (Å²) in [5, 5.41) is 2.73. The zero-order valence-electron chi connectivity index (χ0n) is 12.9. The average Bonchev–Trinajstić information content (AvgIpc) is 3.07. The fourth-order valence-electron chi connectivity index (χ4n) is 2.23. The van der Waals surface area contributed by atoms with Gasteiger partial charge in [0.25, 0.3) is 5.91 Å². The van der Waals surface area contributed by atoms with E-state index in [1.54, 1.807) is 37.4 Å². The second-order valence-corrected chi connectivity index (χ2v) is 5.91. The van der Waals surface area contributed by atoms with Crippen LogP contribution in [0.3, 0.4) is 0 Å². The first-order valence-corrected chi connectivity index (χ1v) is 7.97. The lowest BCUT2D eigenvalue weighted by atomic mass is 10.2. The van der Waals surface area contributed by atoms with Gasteiger partial charge in [-0.3, -0.25) is 4.79 Å². The molecule has 1 amide bonds. The molecule has 0 spiro atoms. The Bertz CT molecular complexity index is 889. The summed E-state index contributed by atoms with van der Waals surface area (Å²) in [5.41, 5.74) is 7.70. The molecule has 0 aliphatic rings. The maximum atomic E-state index is 12.3. The maximum absolute atomic E-state index is 12.3. The number of carbonyl (C=O) groups excluding carboxylic acids is 1. The molecule has 2 aromatic carbocycles. The predicted molar refractivity (Wildman–Crippen MR) is 97.2 cm³/mol. The molecule has 0 aliphatic heterocycles. The van der Waals surface area contributed by atoms with Crippen molar-refractivity contribution in [2.45, 2.75) is 0 Å². The van der Waals surface area contributed by atoms with Crippen LogP contribution in [0.2, 0.25) is 0 Å². The van der Waals surface area contributed by atoms with E-state index in [9.17, 15) is 4.79 Å². The van der Waals surface area contributed by atoms with Crippen molar-refractivity contribution in [3.63, 3.8) is 0 Å². The minimum Gasteiger partial charge on any atom is -0.497 e. The molecule has 0 aliphatic carbocycles. The van der Waals surface area contributed by atoms with Gasteiger partial charge < -0.3 is 20.2 Å². The van der Waals surface area contributed by atoms with E-state index in [1.807, 2.05) is 24.3 Å². The number of anilines is 2. The number of rotatable bonds is 4. The van der Waals surface area contributed by atoms with Gasteiger partial charge in [0.1, 0.15) is 11.5 Å². The molecule has 0 saturated heterocycles. The van der Waals surface area contributed by atoms with Crippen LogP contribution in [0.1, 0.15) is 10.6 Å². The minimum atomic E-state index is -0.370. The van der Waals surface area contributed by atoms with Crippen molar-refractivity contribution in [2.75, 3.05) is 18.2 Å². The van der Waals surface area contributed by atoms with Gasteiger partial charge in [-0.15, -0.1) is 0 Å². The summed E-state index contributed by atoms with van der Waals surface area (Å²) in [4.78, 5) is 12.3. The van der Waals surface area contributed by atoms with Crippen LogP contribution in [0.5, 0.6) is 5.75 Å². The number of hydrogen-bond acceptors (Lipinski definition) is 4. The standard InChI is InChI=1S/C18H15BrN2O3/c1-23-11-6-7-15(14(20)10-11)21-18(22)17-9-8-16(24-17)12-4-2-3-5-13(12)19/h2-10H,20H2,1H3,(H,21,22). The van der Waals surface area contributed by atoms with Gasteiger partial charge in [0.15, 0.2) is 5.76 Å². The molecule has 6 heteroatoms. The Labute approximate surface area is 147 Å². The van der Waals surface area contributed by atoms with Crippen molar-refractivity contribution in [2.24, 2.45) is 0 Å². The highest BCUT2D eigenvalue weighted by atomic mass is 79.9. The van der Waals surface area contributed by atoms with Gasteiger partial charge in [0.2, 0.25) is 0 Å². The highest BCUT2D eigenvalue weighted by molar-refractivity contribution is 9.10. The molecule has 122 valence electrons. The normalized spacial score (nSPS) is 10.4. The number of furan rings is 1. The van der Waals surface area contributed by atoms with E-state index >= 15 is 0 Å². The van der Waals surface area contributed by atoms with E-state index in [4.69, 9.17) is 14.9 Å². The largest absolute Gasteiger partial charge is 0.497 e. The van der Waals surface area contributed by atoms with Crippen LogP contribution in [0.15, 0.2) is 63.5 Å². The molecule has 0 atom stereocenters. The van der Waals surface area contributed by atoms with Gasteiger partial charge in [-0.2, -0.15) is 0 Å². The highest BCUT2D eigenvalue weighted by Crippen LogP contribution is 2.30. The first-order valence-electron chi connectivity index (χ1n) is 7.18. The molecule has 0 bridgehead atoms. The number of nitrogen functional groups attached to an aromatic ring is 1. The van der Waals surface area contributed by atoms with Crippen LogP contribution in [0.4, 0.5) is 11.4 Å². The third kappa shape index (κ3) is 3.28. The topological polar surface area (TPSA) is 77.5 Å². The van der Waals surface area contributed by atoms with E-state index in [0.29, 0.717) is 22.9 Å². The van der Waals surface area contributed by atoms with Crippen molar-refractivity contribution in [1.29, 1.82) is 0 Å². The molecular formula is C18H15BrN2O3. The highest BCUT2D eigenvalue weighted by Gasteiger charge is 2.15. The van der Waals surface area contributed by atoms with Crippen molar-refractivity contribution < 1.29 is 13.9 Å². The summed E-state index contributed by atoms with van der Waals surface area (Å²) >= 11 is 3.47. The molecule has 24 heavy (non-hydrogen) atoms. The lowest BCUT2D eigenvalue weighted by Crippen LogP contribution is -2.12. The molecule has 0 fully saturated rings. The van der Waals surface area contributed by atoms with Crippen molar-refractivity contribution in [3.8, 4) is 17.1 Å². The van der Waals surface area contributed by atoms with E-state index in [-0.39, 0.29) is 11.7 Å². The van der Waals surface area contributed by atoms with Crippen molar-refractivity contribution in [1.82, 2.24) is 0 Å². The molecular weight excluding hydrogens is 372 g/mol. The summed E-state index contributed by atoms with van der Waals surface area (Å²) in [6, 6.07) is 16.1. The first kappa shape index (κ1) is 16.1. The van der Waals surface area contributed by atoms with Crippen LogP contribution in [0, 0.1) is 0 Å². The van der Waals surface area contributed by atoms with Crippen LogP contribution >= 0.6 is 15.9 Å². The van der Waals surface area contributed by atoms with Crippen molar-refractivity contribution in [3.05, 3.63) is 64.8 Å². The third-order valence-corrected chi connectivity index (χ3v) is 4.17. The number of halogens is 1. The second kappa shape index (κ2) is 6.80. The zero-order valence-corrected chi connectivity index (χ0v) is 14.5. The smallest absolute Gasteiger partial charge is 0.291 e. The van der Waals surface area contributed by atoms with E-state index in [2.05, 4.69) is 21.2 Å². The quantitative estimate of drug-likeness (QED) is 0.644. The number of nitrogens with two attached hydrogens (primary N) is 1. The summed E-state index contributed by atoms with van der Waals surface area (Å²) in [7, 11) is 1.55. The second-order valence-electron chi connectivity index (χ2n) is 5.05. The molecule has 0 radical (unpaired) electrons. The van der Waals surface area contributed by atoms with Crippen LogP contribution < -0.4 is 15.8 Å². The molecule has 0 saturated carbocycles. The van der Waals surface area contributed by atoms with Crippen LogP contribution in [0.25, 0.3) is 11.3 Å². The van der Waals surface area contributed by atoms with Gasteiger partial charge in [-0.25, -0.2) is 0 Å². The molecule has 3 N–H and O–H groups in total. The van der Waals surface area contributed by atoms with Gasteiger partial charge >= 0.3 is 0 Å². The fourth-order valence-corrected chi connectivity index (χ4v) is 2.71. The molecule has 3 rings (SSSR count). The van der Waals surface area contributed by atoms with E-state index in [0.717, 1.165) is 10.0 Å². The van der Waals surface area contributed by atoms with Gasteiger partial charge in [-0.05, 0) is 30.3 Å². The maximum Gasteiger partial charge on any atom is 0.291 e. The number of hydrogen-bond donors (Lipinski definition) is 2. The summed E-state index contributed by atoms with van der Waals surface area (Å²) in [5.74, 6) is 1.07. The fraction of sp³-hybridized carbons (Fsp3) is 0.0556. The number of amides is 1. The minimum absolute atomic E-state index is 0.205. The Morgan fingerprint density at radius 1 is 1.17 bits per heavy atom. The molecule has 1 aromatic heterocycles.